The summed E-state index contributed by atoms with van der Waals surface area (Å²) in [5, 5.41) is 3.16. The summed E-state index contributed by atoms with van der Waals surface area (Å²) in [5.74, 6) is -0.433. The number of hydrogen-bond donors (Lipinski definition) is 1. The lowest BCUT2D eigenvalue weighted by atomic mass is 10.2. The lowest BCUT2D eigenvalue weighted by Crippen LogP contribution is -2.09. The maximum atomic E-state index is 13.7. The molecule has 0 amide bonds. The summed E-state index contributed by atoms with van der Waals surface area (Å²) in [6, 6.07) is 10.4. The predicted octanol–water partition coefficient (Wildman–Crippen LogP) is 4.05. The molecule has 0 bridgehead atoms. The van der Waals surface area contributed by atoms with Crippen LogP contribution in [-0.2, 0) is 0 Å². The van der Waals surface area contributed by atoms with E-state index in [1.807, 2.05) is 25.1 Å². The molecule has 4 heteroatoms. The third-order valence-electron chi connectivity index (χ3n) is 2.46. The molecule has 17 heavy (non-hydrogen) atoms. The Bertz CT molecular complexity index is 502. The van der Waals surface area contributed by atoms with E-state index in [9.17, 15) is 4.39 Å². The third kappa shape index (κ3) is 2.74. The van der Waals surface area contributed by atoms with Gasteiger partial charge < -0.3 is 5.32 Å². The molecule has 1 unspecified atom stereocenters. The van der Waals surface area contributed by atoms with Crippen LogP contribution in [0.1, 0.15) is 18.7 Å². The summed E-state index contributed by atoms with van der Waals surface area (Å²) < 4.78 is 13.7. The first-order chi connectivity index (χ1) is 8.18. The molecule has 1 N–H and O–H groups in total. The second-order valence-corrected chi connectivity index (χ2v) is 4.13. The van der Waals surface area contributed by atoms with E-state index in [2.05, 4.69) is 10.3 Å². The van der Waals surface area contributed by atoms with Crippen molar-refractivity contribution in [3.8, 4) is 0 Å². The second-order valence-electron chi connectivity index (χ2n) is 3.72. The number of pyridine rings is 1. The summed E-state index contributed by atoms with van der Waals surface area (Å²) in [5.41, 5.74) is 1.24. The lowest BCUT2D eigenvalue weighted by molar-refractivity contribution is 0.627. The van der Waals surface area contributed by atoms with Crippen LogP contribution in [0.15, 0.2) is 42.6 Å². The highest BCUT2D eigenvalue weighted by Crippen LogP contribution is 2.25. The summed E-state index contributed by atoms with van der Waals surface area (Å²) in [6.45, 7) is 1.92. The molecule has 0 fully saturated rings. The lowest BCUT2D eigenvalue weighted by Gasteiger charge is -2.15. The Balaban J connectivity index is 2.19. The molecule has 0 saturated heterocycles. The average Bonchev–Trinajstić information content (AvgIpc) is 2.36. The largest absolute Gasteiger partial charge is 0.375 e. The Morgan fingerprint density at radius 2 is 2.06 bits per heavy atom. The van der Waals surface area contributed by atoms with Crippen LogP contribution < -0.4 is 5.32 Å². The van der Waals surface area contributed by atoms with Crippen LogP contribution in [0, 0.1) is 5.82 Å². The molecular weight excluding hydrogens is 239 g/mol. The van der Waals surface area contributed by atoms with E-state index in [4.69, 9.17) is 11.6 Å². The molecule has 1 aromatic carbocycles. The van der Waals surface area contributed by atoms with Gasteiger partial charge in [-0.2, -0.15) is 0 Å². The molecule has 2 rings (SSSR count). The zero-order valence-electron chi connectivity index (χ0n) is 9.32. The smallest absolute Gasteiger partial charge is 0.164 e. The SMILES string of the molecule is CC(Nc1cccc(Cl)c1F)c1ccccn1. The summed E-state index contributed by atoms with van der Waals surface area (Å²) >= 11 is 5.71. The van der Waals surface area contributed by atoms with Crippen molar-refractivity contribution >= 4 is 17.3 Å². The van der Waals surface area contributed by atoms with E-state index in [0.717, 1.165) is 5.69 Å². The summed E-state index contributed by atoms with van der Waals surface area (Å²) in [6.07, 6.45) is 1.71. The highest BCUT2D eigenvalue weighted by molar-refractivity contribution is 6.31. The normalized spacial score (nSPS) is 12.2. The van der Waals surface area contributed by atoms with Crippen molar-refractivity contribution in [1.29, 1.82) is 0 Å². The molecule has 0 aliphatic heterocycles. The van der Waals surface area contributed by atoms with E-state index in [1.54, 1.807) is 18.3 Å². The van der Waals surface area contributed by atoms with Gasteiger partial charge >= 0.3 is 0 Å². The minimum Gasteiger partial charge on any atom is -0.375 e. The number of anilines is 1. The molecular formula is C13H12ClFN2. The number of halogens is 2. The first-order valence-electron chi connectivity index (χ1n) is 5.30. The maximum Gasteiger partial charge on any atom is 0.164 e. The minimum atomic E-state index is -0.433. The van der Waals surface area contributed by atoms with Crippen molar-refractivity contribution in [3.05, 3.63) is 59.1 Å². The Kier molecular flexibility index (Phi) is 3.59. The molecule has 0 spiro atoms. The molecule has 1 atom stereocenters. The minimum absolute atomic E-state index is 0.0795. The predicted molar refractivity (Wildman–Crippen MR) is 67.7 cm³/mol. The van der Waals surface area contributed by atoms with Crippen molar-refractivity contribution in [2.24, 2.45) is 0 Å². The van der Waals surface area contributed by atoms with Gasteiger partial charge in [0.25, 0.3) is 0 Å². The fourth-order valence-corrected chi connectivity index (χ4v) is 1.73. The Labute approximate surface area is 104 Å². The number of hydrogen-bond acceptors (Lipinski definition) is 2. The standard InChI is InChI=1S/C13H12ClFN2/c1-9(11-6-2-3-8-16-11)17-12-7-4-5-10(14)13(12)15/h2-9,17H,1H3. The van der Waals surface area contributed by atoms with E-state index in [-0.39, 0.29) is 11.1 Å². The van der Waals surface area contributed by atoms with Gasteiger partial charge in [-0.3, -0.25) is 4.98 Å². The Morgan fingerprint density at radius 1 is 1.24 bits per heavy atom. The van der Waals surface area contributed by atoms with Gasteiger partial charge in [0.1, 0.15) is 0 Å². The molecule has 88 valence electrons. The first kappa shape index (κ1) is 11.9. The number of aromatic nitrogens is 1. The first-order valence-corrected chi connectivity index (χ1v) is 5.68. The van der Waals surface area contributed by atoms with Crippen molar-refractivity contribution < 1.29 is 4.39 Å². The van der Waals surface area contributed by atoms with Gasteiger partial charge in [0, 0.05) is 6.20 Å². The Hall–Kier alpha value is -1.61. The van der Waals surface area contributed by atoms with Gasteiger partial charge in [-0.25, -0.2) is 4.39 Å². The van der Waals surface area contributed by atoms with Gasteiger partial charge in [0.15, 0.2) is 5.82 Å². The molecule has 0 aliphatic carbocycles. The Morgan fingerprint density at radius 3 is 2.76 bits per heavy atom. The highest BCUT2D eigenvalue weighted by atomic mass is 35.5. The molecule has 1 heterocycles. The molecule has 0 saturated carbocycles. The van der Waals surface area contributed by atoms with Gasteiger partial charge in [-0.05, 0) is 31.2 Å². The van der Waals surface area contributed by atoms with Crippen LogP contribution in [0.25, 0.3) is 0 Å². The topological polar surface area (TPSA) is 24.9 Å². The van der Waals surface area contributed by atoms with Gasteiger partial charge in [-0.1, -0.05) is 23.7 Å². The van der Waals surface area contributed by atoms with Crippen LogP contribution in [-0.4, -0.2) is 4.98 Å². The molecule has 2 nitrogen and oxygen atoms in total. The van der Waals surface area contributed by atoms with E-state index < -0.39 is 5.82 Å². The molecule has 0 aliphatic rings. The van der Waals surface area contributed by atoms with Crippen LogP contribution in [0.3, 0.4) is 0 Å². The zero-order chi connectivity index (χ0) is 12.3. The number of rotatable bonds is 3. The second kappa shape index (κ2) is 5.15. The fraction of sp³-hybridized carbons (Fsp3) is 0.154. The van der Waals surface area contributed by atoms with E-state index in [1.165, 1.54) is 6.07 Å². The fourth-order valence-electron chi connectivity index (χ4n) is 1.55. The van der Waals surface area contributed by atoms with Crippen LogP contribution in [0.5, 0.6) is 0 Å². The monoisotopic (exact) mass is 250 g/mol. The summed E-state index contributed by atoms with van der Waals surface area (Å²) in [4.78, 5) is 4.21. The average molecular weight is 251 g/mol. The van der Waals surface area contributed by atoms with Gasteiger partial charge in [0.05, 0.1) is 22.4 Å². The zero-order valence-corrected chi connectivity index (χ0v) is 10.1. The number of benzene rings is 1. The summed E-state index contributed by atoms with van der Waals surface area (Å²) in [7, 11) is 0. The van der Waals surface area contributed by atoms with Crippen molar-refractivity contribution in [3.63, 3.8) is 0 Å². The third-order valence-corrected chi connectivity index (χ3v) is 2.75. The van der Waals surface area contributed by atoms with E-state index in [0.29, 0.717) is 5.69 Å². The van der Waals surface area contributed by atoms with Crippen LogP contribution >= 0.6 is 11.6 Å². The number of nitrogens with one attached hydrogen (secondary N) is 1. The highest BCUT2D eigenvalue weighted by Gasteiger charge is 2.10. The quantitative estimate of drug-likeness (QED) is 0.889. The van der Waals surface area contributed by atoms with Gasteiger partial charge in [-0.15, -0.1) is 0 Å². The van der Waals surface area contributed by atoms with Crippen LogP contribution in [0.2, 0.25) is 5.02 Å². The van der Waals surface area contributed by atoms with Crippen molar-refractivity contribution in [2.75, 3.05) is 5.32 Å². The molecule has 1 aromatic heterocycles. The van der Waals surface area contributed by atoms with Crippen molar-refractivity contribution in [2.45, 2.75) is 13.0 Å². The van der Waals surface area contributed by atoms with Crippen LogP contribution in [0.4, 0.5) is 10.1 Å². The molecule has 2 aromatic rings. The van der Waals surface area contributed by atoms with Crippen molar-refractivity contribution in [1.82, 2.24) is 4.98 Å². The molecule has 0 radical (unpaired) electrons. The number of nitrogens with zero attached hydrogens (tertiary/aromatic N) is 1. The van der Waals surface area contributed by atoms with Gasteiger partial charge in [0.2, 0.25) is 0 Å². The van der Waals surface area contributed by atoms with E-state index >= 15 is 0 Å². The maximum absolute atomic E-state index is 13.7.